The van der Waals surface area contributed by atoms with E-state index < -0.39 is 0 Å². The van der Waals surface area contributed by atoms with Crippen LogP contribution in [0.25, 0.3) is 0 Å². The van der Waals surface area contributed by atoms with E-state index >= 15 is 0 Å². The molecular weight excluding hydrogens is 176 g/mol. The Hall–Kier alpha value is -1.02. The van der Waals surface area contributed by atoms with Gasteiger partial charge in [0, 0.05) is 7.11 Å². The van der Waals surface area contributed by atoms with Crippen LogP contribution in [0.3, 0.4) is 0 Å². The number of aryl methyl sites for hydroxylation is 2. The lowest BCUT2D eigenvalue weighted by Gasteiger charge is -2.15. The van der Waals surface area contributed by atoms with Crippen molar-refractivity contribution in [3.63, 3.8) is 0 Å². The van der Waals surface area contributed by atoms with Gasteiger partial charge in [0.1, 0.15) is 11.9 Å². The molecule has 0 aliphatic carbocycles. The van der Waals surface area contributed by atoms with Crippen molar-refractivity contribution in [1.82, 2.24) is 0 Å². The van der Waals surface area contributed by atoms with Crippen LogP contribution in [0.5, 0.6) is 5.75 Å². The van der Waals surface area contributed by atoms with Gasteiger partial charge in [0.15, 0.2) is 0 Å². The van der Waals surface area contributed by atoms with Gasteiger partial charge >= 0.3 is 0 Å². The maximum absolute atomic E-state index is 5.72. The molecule has 0 saturated carbocycles. The molecule has 0 radical (unpaired) electrons. The van der Waals surface area contributed by atoms with E-state index in [2.05, 4.69) is 26.0 Å². The zero-order chi connectivity index (χ0) is 10.6. The summed E-state index contributed by atoms with van der Waals surface area (Å²) in [7, 11) is 1.68. The van der Waals surface area contributed by atoms with Crippen LogP contribution in [0.1, 0.15) is 18.1 Å². The number of hydrogen-bond donors (Lipinski definition) is 0. The summed E-state index contributed by atoms with van der Waals surface area (Å²) in [6.45, 7) is 6.76. The summed E-state index contributed by atoms with van der Waals surface area (Å²) in [6, 6.07) is 6.19. The van der Waals surface area contributed by atoms with Gasteiger partial charge in [-0.15, -0.1) is 0 Å². The molecule has 0 spiro atoms. The standard InChI is InChI=1S/C12H18O2/c1-9-5-6-12(10(2)7-9)14-11(3)8-13-4/h5-7,11H,8H2,1-4H3/t11-/m1/s1. The first-order valence-electron chi connectivity index (χ1n) is 4.86. The average Bonchev–Trinajstić information content (AvgIpc) is 2.10. The summed E-state index contributed by atoms with van der Waals surface area (Å²) < 4.78 is 10.7. The van der Waals surface area contributed by atoms with Crippen molar-refractivity contribution in [3.8, 4) is 5.75 Å². The fraction of sp³-hybridized carbons (Fsp3) is 0.500. The molecule has 0 aliphatic rings. The number of ether oxygens (including phenoxy) is 2. The monoisotopic (exact) mass is 194 g/mol. The highest BCUT2D eigenvalue weighted by Crippen LogP contribution is 2.19. The van der Waals surface area contributed by atoms with Gasteiger partial charge in [-0.2, -0.15) is 0 Å². The van der Waals surface area contributed by atoms with Crippen LogP contribution in [0.15, 0.2) is 18.2 Å². The summed E-state index contributed by atoms with van der Waals surface area (Å²) in [5, 5.41) is 0. The maximum Gasteiger partial charge on any atom is 0.122 e. The SMILES string of the molecule is COC[C@@H](C)Oc1ccc(C)cc1C. The molecule has 2 nitrogen and oxygen atoms in total. The van der Waals surface area contributed by atoms with Gasteiger partial charge in [-0.1, -0.05) is 17.7 Å². The highest BCUT2D eigenvalue weighted by molar-refractivity contribution is 5.35. The maximum atomic E-state index is 5.72. The predicted octanol–water partition coefficient (Wildman–Crippen LogP) is 2.72. The molecule has 1 aromatic rings. The van der Waals surface area contributed by atoms with Gasteiger partial charge in [-0.05, 0) is 32.4 Å². The molecule has 2 heteroatoms. The van der Waals surface area contributed by atoms with Crippen molar-refractivity contribution in [1.29, 1.82) is 0 Å². The van der Waals surface area contributed by atoms with Crippen molar-refractivity contribution in [3.05, 3.63) is 29.3 Å². The molecule has 1 rings (SSSR count). The van der Waals surface area contributed by atoms with Crippen LogP contribution in [-0.2, 0) is 4.74 Å². The van der Waals surface area contributed by atoms with Crippen LogP contribution in [0, 0.1) is 13.8 Å². The molecular formula is C12H18O2. The van der Waals surface area contributed by atoms with E-state index in [0.717, 1.165) is 5.75 Å². The smallest absolute Gasteiger partial charge is 0.122 e. The van der Waals surface area contributed by atoms with Gasteiger partial charge < -0.3 is 9.47 Å². The first-order chi connectivity index (χ1) is 6.63. The zero-order valence-corrected chi connectivity index (χ0v) is 9.33. The molecule has 0 aromatic heterocycles. The fourth-order valence-corrected chi connectivity index (χ4v) is 1.42. The highest BCUT2D eigenvalue weighted by atomic mass is 16.5. The number of rotatable bonds is 4. The molecule has 14 heavy (non-hydrogen) atoms. The lowest BCUT2D eigenvalue weighted by atomic mass is 10.1. The third-order valence-electron chi connectivity index (χ3n) is 2.06. The first-order valence-corrected chi connectivity index (χ1v) is 4.86. The summed E-state index contributed by atoms with van der Waals surface area (Å²) in [4.78, 5) is 0. The third kappa shape index (κ3) is 3.04. The zero-order valence-electron chi connectivity index (χ0n) is 9.33. The summed E-state index contributed by atoms with van der Waals surface area (Å²) in [5.74, 6) is 0.945. The Morgan fingerprint density at radius 1 is 1.29 bits per heavy atom. The van der Waals surface area contributed by atoms with Gasteiger partial charge in [-0.3, -0.25) is 0 Å². The van der Waals surface area contributed by atoms with Crippen LogP contribution < -0.4 is 4.74 Å². The largest absolute Gasteiger partial charge is 0.488 e. The quantitative estimate of drug-likeness (QED) is 0.733. The van der Waals surface area contributed by atoms with Crippen LogP contribution >= 0.6 is 0 Å². The topological polar surface area (TPSA) is 18.5 Å². The summed E-state index contributed by atoms with van der Waals surface area (Å²) >= 11 is 0. The van der Waals surface area contributed by atoms with Gasteiger partial charge in [-0.25, -0.2) is 0 Å². The normalized spacial score (nSPS) is 12.6. The van der Waals surface area contributed by atoms with Crippen LogP contribution in [0.4, 0.5) is 0 Å². The van der Waals surface area contributed by atoms with Gasteiger partial charge in [0.05, 0.1) is 6.61 Å². The van der Waals surface area contributed by atoms with Gasteiger partial charge in [0.2, 0.25) is 0 Å². The first kappa shape index (κ1) is 11.1. The van der Waals surface area contributed by atoms with E-state index in [1.807, 2.05) is 13.0 Å². The molecule has 0 fully saturated rings. The molecule has 0 bridgehead atoms. The lowest BCUT2D eigenvalue weighted by molar-refractivity contribution is 0.0916. The second-order valence-corrected chi connectivity index (χ2v) is 3.65. The molecule has 78 valence electrons. The van der Waals surface area contributed by atoms with Crippen molar-refractivity contribution < 1.29 is 9.47 Å². The van der Waals surface area contributed by atoms with Crippen molar-refractivity contribution in [2.24, 2.45) is 0 Å². The molecule has 0 aliphatic heterocycles. The Bertz CT molecular complexity index is 294. The van der Waals surface area contributed by atoms with Crippen molar-refractivity contribution >= 4 is 0 Å². The summed E-state index contributed by atoms with van der Waals surface area (Å²) in [6.07, 6.45) is 0.0985. The Balaban J connectivity index is 2.67. The van der Waals surface area contributed by atoms with E-state index in [9.17, 15) is 0 Å². The van der Waals surface area contributed by atoms with E-state index in [0.29, 0.717) is 6.61 Å². The number of benzene rings is 1. The molecule has 0 amide bonds. The molecule has 1 atom stereocenters. The molecule has 0 heterocycles. The average molecular weight is 194 g/mol. The highest BCUT2D eigenvalue weighted by Gasteiger charge is 2.05. The van der Waals surface area contributed by atoms with E-state index in [1.165, 1.54) is 11.1 Å². The molecule has 0 unspecified atom stereocenters. The van der Waals surface area contributed by atoms with Gasteiger partial charge in [0.25, 0.3) is 0 Å². The Labute approximate surface area is 85.8 Å². The second-order valence-electron chi connectivity index (χ2n) is 3.65. The van der Waals surface area contributed by atoms with E-state index in [-0.39, 0.29) is 6.10 Å². The van der Waals surface area contributed by atoms with E-state index in [1.54, 1.807) is 7.11 Å². The summed E-state index contributed by atoms with van der Waals surface area (Å²) in [5.41, 5.74) is 2.43. The minimum Gasteiger partial charge on any atom is -0.488 e. The third-order valence-corrected chi connectivity index (χ3v) is 2.06. The second kappa shape index (κ2) is 5.01. The van der Waals surface area contributed by atoms with Crippen molar-refractivity contribution in [2.45, 2.75) is 26.9 Å². The minimum atomic E-state index is 0.0985. The van der Waals surface area contributed by atoms with Crippen LogP contribution in [0.2, 0.25) is 0 Å². The molecule has 0 N–H and O–H groups in total. The predicted molar refractivity (Wildman–Crippen MR) is 57.9 cm³/mol. The number of hydrogen-bond acceptors (Lipinski definition) is 2. The Kier molecular flexibility index (Phi) is 3.96. The van der Waals surface area contributed by atoms with Crippen LogP contribution in [-0.4, -0.2) is 19.8 Å². The Morgan fingerprint density at radius 2 is 2.00 bits per heavy atom. The minimum absolute atomic E-state index is 0.0985. The molecule has 1 aromatic carbocycles. The molecule has 0 saturated heterocycles. The lowest BCUT2D eigenvalue weighted by Crippen LogP contribution is -2.18. The fourth-order valence-electron chi connectivity index (χ4n) is 1.42. The van der Waals surface area contributed by atoms with E-state index in [4.69, 9.17) is 9.47 Å². The Morgan fingerprint density at radius 3 is 2.57 bits per heavy atom. The number of methoxy groups -OCH3 is 1. The van der Waals surface area contributed by atoms with Crippen molar-refractivity contribution in [2.75, 3.05) is 13.7 Å².